The Morgan fingerprint density at radius 1 is 0.547 bits per heavy atom. The number of para-hydroxylation sites is 1. The first-order valence-electron chi connectivity index (χ1n) is 43.3. The van der Waals surface area contributed by atoms with Crippen LogP contribution < -0.4 is 39.1 Å². The molecular weight excluding hydrogens is 1500 g/mol. The van der Waals surface area contributed by atoms with Crippen LogP contribution in [0, 0.1) is 46.3 Å². The summed E-state index contributed by atoms with van der Waals surface area (Å²) >= 11 is 0. The van der Waals surface area contributed by atoms with E-state index < -0.39 is 12.9 Å². The SMILES string of the molecule is CC(C)C(=O)OC(C)(C)C.CC(C)C1(C(=O)OC(C)(C)C)CCCC1.CC(C)CCCC1OCC(C)(C)CO1.CC(C)CC[P+](c1ccccc1)(c1ccccc1)c1ccccc1.CC(C)CNC(=O)OC(C)(C)C.CC(C)COCc1ccccc1.CC(C)N1CCCC1C(=O)OC(C)(C)C.CC(C)c1coc2ccccc2c1=O.[Cl-]. The maximum Gasteiger partial charge on any atom is 0.407 e. The summed E-state index contributed by atoms with van der Waals surface area (Å²) in [5.41, 5.74) is 1.25. The molecular formula is C100H160ClN2O13P. The van der Waals surface area contributed by atoms with E-state index in [-0.39, 0.29) is 93.6 Å². The molecule has 3 heterocycles. The number of hydrogen-bond acceptors (Lipinski definition) is 14. The number of esters is 3. The lowest BCUT2D eigenvalue weighted by Crippen LogP contribution is -3.00. The van der Waals surface area contributed by atoms with Gasteiger partial charge >= 0.3 is 24.0 Å². The summed E-state index contributed by atoms with van der Waals surface area (Å²) in [6, 6.07) is 51.4. The molecule has 9 rings (SSSR count). The number of carbonyl (C=O) groups is 4. The summed E-state index contributed by atoms with van der Waals surface area (Å²) in [5.74, 6) is 2.95. The fraction of sp³-hybridized carbons (Fsp3) is 0.630. The first-order valence-corrected chi connectivity index (χ1v) is 45.2. The molecule has 1 unspecified atom stereocenters. The van der Waals surface area contributed by atoms with Crippen LogP contribution in [-0.4, -0.2) is 109 Å². The second-order valence-corrected chi connectivity index (χ2v) is 42.5. The van der Waals surface area contributed by atoms with Crippen LogP contribution in [0.4, 0.5) is 4.79 Å². The molecule has 2 saturated heterocycles. The van der Waals surface area contributed by atoms with Gasteiger partial charge in [-0.3, -0.25) is 24.1 Å². The highest BCUT2D eigenvalue weighted by Gasteiger charge is 2.47. The molecule has 1 N–H and O–H groups in total. The third-order valence-electron chi connectivity index (χ3n) is 19.0. The average molecular weight is 1660 g/mol. The predicted octanol–water partition coefficient (Wildman–Crippen LogP) is 20.9. The van der Waals surface area contributed by atoms with Crippen LogP contribution in [0.15, 0.2) is 161 Å². The summed E-state index contributed by atoms with van der Waals surface area (Å²) in [6.07, 6.45) is 13.6. The highest BCUT2D eigenvalue weighted by molar-refractivity contribution is 7.95. The summed E-state index contributed by atoms with van der Waals surface area (Å²) in [6.45, 7) is 65.7. The van der Waals surface area contributed by atoms with Gasteiger partial charge < -0.3 is 55.3 Å². The number of nitrogens with zero attached hydrogens (tertiary/aromatic N) is 1. The van der Waals surface area contributed by atoms with Crippen LogP contribution in [0.1, 0.15) is 289 Å². The van der Waals surface area contributed by atoms with Crippen molar-refractivity contribution in [3.63, 3.8) is 0 Å². The van der Waals surface area contributed by atoms with Gasteiger partial charge in [0.2, 0.25) is 0 Å². The van der Waals surface area contributed by atoms with Crippen molar-refractivity contribution in [1.82, 2.24) is 10.2 Å². The zero-order chi connectivity index (χ0) is 87.8. The van der Waals surface area contributed by atoms with E-state index in [4.69, 9.17) is 37.6 Å². The monoisotopic (exact) mass is 1660 g/mol. The number of benzene rings is 5. The van der Waals surface area contributed by atoms with E-state index in [0.717, 1.165) is 89.4 Å². The summed E-state index contributed by atoms with van der Waals surface area (Å²) in [7, 11) is -1.61. The second kappa shape index (κ2) is 53.3. The predicted molar refractivity (Wildman–Crippen MR) is 487 cm³/mol. The first kappa shape index (κ1) is 109. The van der Waals surface area contributed by atoms with Crippen LogP contribution in [0.2, 0.25) is 0 Å². The Balaban J connectivity index is 0.000000678. The third kappa shape index (κ3) is 44.1. The molecule has 3 fully saturated rings. The topological polar surface area (TPSA) is 178 Å². The van der Waals surface area contributed by atoms with Crippen molar-refractivity contribution >= 4 is 58.1 Å². The van der Waals surface area contributed by atoms with Crippen LogP contribution >= 0.6 is 7.26 Å². The Hall–Kier alpha value is -6.45. The van der Waals surface area contributed by atoms with Gasteiger partial charge in [-0.05, 0) is 238 Å². The molecule has 3 aliphatic rings. The van der Waals surface area contributed by atoms with Gasteiger partial charge in [0, 0.05) is 30.2 Å². The van der Waals surface area contributed by atoms with Crippen molar-refractivity contribution in [2.75, 3.05) is 39.1 Å². The fourth-order valence-electron chi connectivity index (χ4n) is 12.9. The number of rotatable bonds is 22. The highest BCUT2D eigenvalue weighted by atomic mass is 35.5. The normalized spacial score (nSPS) is 15.4. The number of fused-ring (bicyclic) bond motifs is 1. The third-order valence-corrected chi connectivity index (χ3v) is 23.5. The van der Waals surface area contributed by atoms with Gasteiger partial charge in [-0.15, -0.1) is 0 Å². The molecule has 660 valence electrons. The van der Waals surface area contributed by atoms with Crippen LogP contribution in [0.25, 0.3) is 11.0 Å². The van der Waals surface area contributed by atoms with Gasteiger partial charge in [0.05, 0.1) is 49.0 Å². The Morgan fingerprint density at radius 3 is 1.40 bits per heavy atom. The van der Waals surface area contributed by atoms with Crippen LogP contribution in [-0.2, 0) is 54.1 Å². The molecule has 1 aliphatic carbocycles. The molecule has 1 saturated carbocycles. The minimum atomic E-state index is -1.61. The van der Waals surface area contributed by atoms with Crippen molar-refractivity contribution in [2.45, 2.75) is 325 Å². The van der Waals surface area contributed by atoms with Crippen molar-refractivity contribution < 1.29 is 69.2 Å². The van der Waals surface area contributed by atoms with E-state index in [2.05, 4.69) is 196 Å². The van der Waals surface area contributed by atoms with E-state index in [1.807, 2.05) is 155 Å². The molecule has 17 heteroatoms. The zero-order valence-electron chi connectivity index (χ0n) is 78.3. The number of likely N-dealkylation sites (tertiary alicyclic amines) is 1. The Bertz CT molecular complexity index is 3620. The van der Waals surface area contributed by atoms with E-state index >= 15 is 0 Å². The molecule has 0 spiro atoms. The molecule has 2 aliphatic heterocycles. The molecule has 1 aromatic heterocycles. The van der Waals surface area contributed by atoms with Gasteiger partial charge in [-0.25, -0.2) is 4.79 Å². The molecule has 6 aromatic rings. The van der Waals surface area contributed by atoms with Crippen LogP contribution in [0.5, 0.6) is 0 Å². The fourth-order valence-corrected chi connectivity index (χ4v) is 17.5. The summed E-state index contributed by atoms with van der Waals surface area (Å²) in [4.78, 5) is 60.2. The number of carbonyl (C=O) groups excluding carboxylic acids is 4. The largest absolute Gasteiger partial charge is 1.00 e. The van der Waals surface area contributed by atoms with Gasteiger partial charge in [0.25, 0.3) is 0 Å². The van der Waals surface area contributed by atoms with Crippen molar-refractivity contribution in [3.8, 4) is 0 Å². The molecule has 1 atom stereocenters. The Kier molecular flexibility index (Phi) is 49.5. The molecule has 15 nitrogen and oxygen atoms in total. The van der Waals surface area contributed by atoms with Crippen molar-refractivity contribution in [1.29, 1.82) is 0 Å². The van der Waals surface area contributed by atoms with Gasteiger partial charge in [-0.1, -0.05) is 227 Å². The molecule has 5 aromatic carbocycles. The number of ether oxygens (including phenoxy) is 7. The highest BCUT2D eigenvalue weighted by Crippen LogP contribution is 2.56. The first-order chi connectivity index (χ1) is 53.9. The summed E-state index contributed by atoms with van der Waals surface area (Å²) in [5, 5.41) is 7.81. The van der Waals surface area contributed by atoms with E-state index in [0.29, 0.717) is 47.2 Å². The summed E-state index contributed by atoms with van der Waals surface area (Å²) < 4.78 is 43.2. The standard InChI is InChI=1S/C23H26P.C13H24O2.C12H23NO2.C12H12O2.C12H24O2.C11H16O.C9H19NO2.C8H16O2.ClH/c1-20(2)18-19-24(21-12-6-3-7-13-21,22-14-8-4-9-15-22)23-16-10-5-11-17-23;1-10(2)13(8-6-7-9-13)11(14)15-12(3,4)5;1-9(2)13-8-6-7-10(13)11(14)15-12(3,4)5;1-8(2)10-7-14-11-6-4-3-5-9(11)12(10)13;1-10(2)6-5-7-11-13-8-12(3,4)9-14-11;1-10(2)8-12-9-11-6-4-3-5-7-11;1-7(2)6-10-8(11)12-9(3,4)5;1-6(2)7(9)10-8(3,4)5;/h3-17,20H,18-19H2,1-2H3;10H,6-9H2,1-5H3;9-10H,6-8H2,1-5H3;3-8H,1-2H3;10-11H,5-9H2,1-4H3;3-7,10H,8-9H2,1-2H3;7H,6H2,1-5H3,(H,10,11);6H,1-5H3;1H/q+1;;;;;;;;/p-1. The van der Waals surface area contributed by atoms with E-state index in [1.165, 1.54) is 46.9 Å². The Morgan fingerprint density at radius 2 is 1.00 bits per heavy atom. The minimum Gasteiger partial charge on any atom is -1.00 e. The molecule has 0 radical (unpaired) electrons. The lowest BCUT2D eigenvalue weighted by molar-refractivity contribution is -0.224. The molecule has 117 heavy (non-hydrogen) atoms. The number of amides is 1. The number of hydrogen-bond donors (Lipinski definition) is 1. The van der Waals surface area contributed by atoms with Crippen LogP contribution in [0.3, 0.4) is 0 Å². The Labute approximate surface area is 717 Å². The minimum absolute atomic E-state index is 0. The maximum absolute atomic E-state index is 12.2. The number of halogens is 1. The van der Waals surface area contributed by atoms with Crippen molar-refractivity contribution in [3.05, 3.63) is 173 Å². The smallest absolute Gasteiger partial charge is 0.407 e. The van der Waals surface area contributed by atoms with E-state index in [9.17, 15) is 24.0 Å². The second-order valence-electron chi connectivity index (χ2n) is 38.8. The lowest BCUT2D eigenvalue weighted by Gasteiger charge is -2.34. The zero-order valence-corrected chi connectivity index (χ0v) is 80.0. The average Bonchev–Trinajstić information content (AvgIpc) is 1.32. The molecule has 1 amide bonds. The van der Waals surface area contributed by atoms with Gasteiger partial charge in [0.1, 0.15) is 57.2 Å². The number of alkyl carbamates (subject to hydrolysis) is 1. The van der Waals surface area contributed by atoms with E-state index in [1.54, 1.807) is 18.4 Å². The number of nitrogens with one attached hydrogen (secondary N) is 1. The van der Waals surface area contributed by atoms with Gasteiger partial charge in [-0.2, -0.15) is 0 Å². The van der Waals surface area contributed by atoms with Gasteiger partial charge in [0.15, 0.2) is 11.7 Å². The quantitative estimate of drug-likeness (QED) is 0.0385. The van der Waals surface area contributed by atoms with Crippen molar-refractivity contribution in [2.24, 2.45) is 46.3 Å². The molecule has 0 bridgehead atoms. The maximum atomic E-state index is 12.2. The lowest BCUT2D eigenvalue weighted by atomic mass is 9.75.